The quantitative estimate of drug-likeness (QED) is 0.237. The van der Waals surface area contributed by atoms with Crippen LogP contribution in [0.15, 0.2) is 23.4 Å². The molecule has 2 rings (SSSR count). The third-order valence-electron chi connectivity index (χ3n) is 3.61. The van der Waals surface area contributed by atoms with Crippen molar-refractivity contribution in [3.63, 3.8) is 0 Å². The topological polar surface area (TPSA) is 87.7 Å². The molecule has 0 bridgehead atoms. The largest absolute Gasteiger partial charge is 0.409 e. The number of hydrogen-bond donors (Lipinski definition) is 3. The van der Waals surface area contributed by atoms with Crippen molar-refractivity contribution in [3.05, 3.63) is 26.8 Å². The predicted octanol–water partition coefficient (Wildman–Crippen LogP) is 3.05. The van der Waals surface area contributed by atoms with E-state index in [1.807, 2.05) is 6.92 Å². The zero-order chi connectivity index (χ0) is 14.9. The van der Waals surface area contributed by atoms with Crippen LogP contribution < -0.4 is 11.1 Å². The first-order valence-corrected chi connectivity index (χ1v) is 7.59. The van der Waals surface area contributed by atoms with Crippen molar-refractivity contribution in [2.24, 2.45) is 22.2 Å². The molecular formula is C13H15ClIN3O2. The summed E-state index contributed by atoms with van der Waals surface area (Å²) in [5, 5.41) is 15.4. The maximum absolute atomic E-state index is 12.5. The highest BCUT2D eigenvalue weighted by atomic mass is 127. The number of hydrogen-bond acceptors (Lipinski definition) is 3. The van der Waals surface area contributed by atoms with Crippen LogP contribution in [0.25, 0.3) is 0 Å². The number of carbonyl (C=O) groups excluding carboxylic acids is 1. The minimum absolute atomic E-state index is 0.0305. The van der Waals surface area contributed by atoms with Gasteiger partial charge in [-0.1, -0.05) is 23.7 Å². The summed E-state index contributed by atoms with van der Waals surface area (Å²) in [6.07, 6.45) is 1.16. The number of rotatable bonds is 3. The van der Waals surface area contributed by atoms with Gasteiger partial charge in [-0.25, -0.2) is 0 Å². The molecule has 7 heteroatoms. The van der Waals surface area contributed by atoms with Gasteiger partial charge in [-0.3, -0.25) is 4.79 Å². The molecule has 1 aliphatic rings. The Balaban J connectivity index is 2.22. The molecule has 5 nitrogen and oxygen atoms in total. The van der Waals surface area contributed by atoms with E-state index >= 15 is 0 Å². The summed E-state index contributed by atoms with van der Waals surface area (Å²) in [7, 11) is 0. The van der Waals surface area contributed by atoms with Crippen LogP contribution in [0.3, 0.4) is 0 Å². The highest BCUT2D eigenvalue weighted by Gasteiger charge is 2.52. The van der Waals surface area contributed by atoms with Gasteiger partial charge in [0.25, 0.3) is 0 Å². The van der Waals surface area contributed by atoms with Crippen molar-refractivity contribution in [1.82, 2.24) is 0 Å². The SMILES string of the molecule is CC1CC(C(=O)Nc2ccc(Cl)cc2I)(/C(N)=N/O)C1. The van der Waals surface area contributed by atoms with E-state index in [9.17, 15) is 4.79 Å². The number of anilines is 1. The summed E-state index contributed by atoms with van der Waals surface area (Å²) in [5.41, 5.74) is 5.47. The smallest absolute Gasteiger partial charge is 0.238 e. The van der Waals surface area contributed by atoms with Gasteiger partial charge in [0.1, 0.15) is 5.41 Å². The maximum Gasteiger partial charge on any atom is 0.238 e. The van der Waals surface area contributed by atoms with Crippen molar-refractivity contribution >= 4 is 51.6 Å². The standard InChI is InChI=1S/C13H15ClIN3O2/c1-7-5-13(6-7,11(16)18-20)12(19)17-10-3-2-8(14)4-9(10)15/h2-4,7,20H,5-6H2,1H3,(H2,16,18)(H,17,19). The minimum atomic E-state index is -0.906. The van der Waals surface area contributed by atoms with Crippen LogP contribution in [0.5, 0.6) is 0 Å². The van der Waals surface area contributed by atoms with Gasteiger partial charge in [0, 0.05) is 8.59 Å². The zero-order valence-electron chi connectivity index (χ0n) is 10.9. The highest BCUT2D eigenvalue weighted by molar-refractivity contribution is 14.1. The molecule has 0 atom stereocenters. The van der Waals surface area contributed by atoms with E-state index in [4.69, 9.17) is 22.5 Å². The highest BCUT2D eigenvalue weighted by Crippen LogP contribution is 2.46. The van der Waals surface area contributed by atoms with E-state index in [1.54, 1.807) is 18.2 Å². The van der Waals surface area contributed by atoms with Crippen molar-refractivity contribution in [2.75, 3.05) is 5.32 Å². The van der Waals surface area contributed by atoms with Crippen LogP contribution in [-0.4, -0.2) is 17.0 Å². The van der Waals surface area contributed by atoms with E-state index < -0.39 is 5.41 Å². The second-order valence-corrected chi connectivity index (χ2v) is 6.76. The summed E-state index contributed by atoms with van der Waals surface area (Å²) in [5.74, 6) is 0.105. The van der Waals surface area contributed by atoms with Crippen LogP contribution >= 0.6 is 34.2 Å². The van der Waals surface area contributed by atoms with Gasteiger partial charge in [-0.05, 0) is 59.5 Å². The van der Waals surface area contributed by atoms with Crippen molar-refractivity contribution < 1.29 is 10.0 Å². The molecule has 1 aliphatic carbocycles. The molecule has 108 valence electrons. The molecule has 0 saturated heterocycles. The van der Waals surface area contributed by atoms with Gasteiger partial charge in [0.05, 0.1) is 5.69 Å². The van der Waals surface area contributed by atoms with Gasteiger partial charge < -0.3 is 16.3 Å². The number of halogens is 2. The average Bonchev–Trinajstić information content (AvgIpc) is 2.37. The molecule has 1 amide bonds. The molecule has 20 heavy (non-hydrogen) atoms. The van der Waals surface area contributed by atoms with Crippen molar-refractivity contribution in [3.8, 4) is 0 Å². The monoisotopic (exact) mass is 407 g/mol. The number of carbonyl (C=O) groups is 1. The van der Waals surface area contributed by atoms with E-state index in [1.165, 1.54) is 0 Å². The first-order chi connectivity index (χ1) is 9.39. The fourth-order valence-electron chi connectivity index (χ4n) is 2.57. The molecule has 4 N–H and O–H groups in total. The van der Waals surface area contributed by atoms with Crippen LogP contribution in [0.1, 0.15) is 19.8 Å². The van der Waals surface area contributed by atoms with Crippen LogP contribution in [-0.2, 0) is 4.79 Å². The van der Waals surface area contributed by atoms with Gasteiger partial charge in [-0.2, -0.15) is 0 Å². The first-order valence-electron chi connectivity index (χ1n) is 6.13. The normalized spacial score (nSPS) is 25.9. The van der Waals surface area contributed by atoms with Crippen LogP contribution in [0.2, 0.25) is 5.02 Å². The van der Waals surface area contributed by atoms with Crippen LogP contribution in [0, 0.1) is 14.9 Å². The van der Waals surface area contributed by atoms with E-state index in [2.05, 4.69) is 33.1 Å². The number of amidine groups is 1. The van der Waals surface area contributed by atoms with E-state index in [0.29, 0.717) is 29.5 Å². The maximum atomic E-state index is 12.5. The Kier molecular flexibility index (Phi) is 4.43. The molecule has 1 fully saturated rings. The molecule has 0 aromatic heterocycles. The number of benzene rings is 1. The number of nitrogens with two attached hydrogens (primary N) is 1. The molecule has 0 heterocycles. The Morgan fingerprint density at radius 3 is 2.75 bits per heavy atom. The number of amides is 1. The lowest BCUT2D eigenvalue weighted by molar-refractivity contribution is -0.127. The first kappa shape index (κ1) is 15.4. The minimum Gasteiger partial charge on any atom is -0.409 e. The molecule has 1 aromatic rings. The van der Waals surface area contributed by atoms with E-state index in [0.717, 1.165) is 3.57 Å². The molecule has 0 unspecified atom stereocenters. The lowest BCUT2D eigenvalue weighted by Crippen LogP contribution is -2.54. The molecule has 1 aromatic carbocycles. The van der Waals surface area contributed by atoms with Gasteiger partial charge in [0.2, 0.25) is 5.91 Å². The Morgan fingerprint density at radius 2 is 2.25 bits per heavy atom. The number of nitrogens with zero attached hydrogens (tertiary/aromatic N) is 1. The summed E-state index contributed by atoms with van der Waals surface area (Å²) in [4.78, 5) is 12.5. The van der Waals surface area contributed by atoms with Gasteiger partial charge >= 0.3 is 0 Å². The Hall–Kier alpha value is -1.02. The fraction of sp³-hybridized carbons (Fsp3) is 0.385. The molecule has 0 aliphatic heterocycles. The summed E-state index contributed by atoms with van der Waals surface area (Å²) in [6.45, 7) is 2.03. The number of nitrogens with one attached hydrogen (secondary N) is 1. The van der Waals surface area contributed by atoms with Crippen molar-refractivity contribution in [2.45, 2.75) is 19.8 Å². The molecular weight excluding hydrogens is 393 g/mol. The second-order valence-electron chi connectivity index (χ2n) is 5.16. The zero-order valence-corrected chi connectivity index (χ0v) is 13.8. The Bertz CT molecular complexity index is 571. The van der Waals surface area contributed by atoms with Gasteiger partial charge in [-0.15, -0.1) is 0 Å². The average molecular weight is 408 g/mol. The predicted molar refractivity (Wildman–Crippen MR) is 87.0 cm³/mol. The summed E-state index contributed by atoms with van der Waals surface area (Å²) in [6, 6.07) is 5.21. The molecule has 1 saturated carbocycles. The molecule has 0 spiro atoms. The summed E-state index contributed by atoms with van der Waals surface area (Å²) < 4.78 is 0.838. The third-order valence-corrected chi connectivity index (χ3v) is 4.73. The Morgan fingerprint density at radius 1 is 1.60 bits per heavy atom. The van der Waals surface area contributed by atoms with Gasteiger partial charge in [0.15, 0.2) is 5.84 Å². The second kappa shape index (κ2) is 5.77. The van der Waals surface area contributed by atoms with Crippen molar-refractivity contribution in [1.29, 1.82) is 0 Å². The lowest BCUT2D eigenvalue weighted by Gasteiger charge is -2.43. The fourth-order valence-corrected chi connectivity index (χ4v) is 3.58. The Labute approximate surface area is 135 Å². The summed E-state index contributed by atoms with van der Waals surface area (Å²) >= 11 is 7.98. The number of oxime groups is 1. The van der Waals surface area contributed by atoms with E-state index in [-0.39, 0.29) is 11.7 Å². The van der Waals surface area contributed by atoms with Crippen LogP contribution in [0.4, 0.5) is 5.69 Å². The third kappa shape index (κ3) is 2.71. The molecule has 0 radical (unpaired) electrons. The lowest BCUT2D eigenvalue weighted by atomic mass is 9.61.